The molecule has 0 saturated carbocycles. The second-order valence-corrected chi connectivity index (χ2v) is 4.65. The van der Waals surface area contributed by atoms with Crippen LogP contribution in [-0.2, 0) is 0 Å². The maximum Gasteiger partial charge on any atom is 0.410 e. The van der Waals surface area contributed by atoms with Gasteiger partial charge in [0, 0.05) is 6.20 Å². The molecule has 2 aromatic heterocycles. The summed E-state index contributed by atoms with van der Waals surface area (Å²) in [7, 11) is 0. The first-order chi connectivity index (χ1) is 10.0. The zero-order chi connectivity index (χ0) is 15.0. The number of benzene rings is 1. The lowest BCUT2D eigenvalue weighted by molar-refractivity contribution is 0.209. The van der Waals surface area contributed by atoms with Gasteiger partial charge >= 0.3 is 6.09 Å². The number of imidazole rings is 1. The SMILES string of the molecule is Cc1c(F)cccc1-c1ccc2nc(NC(=O)O)cn2c1. The molecule has 0 bridgehead atoms. The molecule has 1 amide bonds. The minimum atomic E-state index is -1.17. The third-order valence-electron chi connectivity index (χ3n) is 3.26. The molecule has 106 valence electrons. The van der Waals surface area contributed by atoms with Gasteiger partial charge in [-0.2, -0.15) is 0 Å². The minimum absolute atomic E-state index is 0.246. The van der Waals surface area contributed by atoms with Crippen molar-refractivity contribution in [1.29, 1.82) is 0 Å². The molecular weight excluding hydrogens is 273 g/mol. The summed E-state index contributed by atoms with van der Waals surface area (Å²) in [5.41, 5.74) is 2.80. The number of carbonyl (C=O) groups is 1. The predicted molar refractivity (Wildman–Crippen MR) is 77.0 cm³/mol. The normalized spacial score (nSPS) is 10.8. The van der Waals surface area contributed by atoms with Crippen molar-refractivity contribution in [2.75, 3.05) is 5.32 Å². The lowest BCUT2D eigenvalue weighted by Gasteiger charge is -2.07. The first kappa shape index (κ1) is 13.1. The highest BCUT2D eigenvalue weighted by atomic mass is 19.1. The van der Waals surface area contributed by atoms with E-state index in [9.17, 15) is 9.18 Å². The molecule has 0 fully saturated rings. The van der Waals surface area contributed by atoms with Gasteiger partial charge in [0.25, 0.3) is 0 Å². The summed E-state index contributed by atoms with van der Waals surface area (Å²) in [5, 5.41) is 10.9. The van der Waals surface area contributed by atoms with Gasteiger partial charge in [-0.15, -0.1) is 0 Å². The molecule has 2 heterocycles. The van der Waals surface area contributed by atoms with Gasteiger partial charge in [0.1, 0.15) is 11.5 Å². The topological polar surface area (TPSA) is 66.6 Å². The van der Waals surface area contributed by atoms with Crippen LogP contribution in [0.3, 0.4) is 0 Å². The summed E-state index contributed by atoms with van der Waals surface area (Å²) in [4.78, 5) is 14.7. The van der Waals surface area contributed by atoms with Crippen LogP contribution in [0.5, 0.6) is 0 Å². The number of rotatable bonds is 2. The number of nitrogens with one attached hydrogen (secondary N) is 1. The molecule has 0 atom stereocenters. The van der Waals surface area contributed by atoms with E-state index in [1.807, 2.05) is 12.1 Å². The van der Waals surface area contributed by atoms with Crippen LogP contribution in [-0.4, -0.2) is 20.6 Å². The molecule has 0 aliphatic carbocycles. The second-order valence-electron chi connectivity index (χ2n) is 4.65. The average molecular weight is 285 g/mol. The van der Waals surface area contributed by atoms with Gasteiger partial charge in [-0.1, -0.05) is 12.1 Å². The number of hydrogen-bond acceptors (Lipinski definition) is 2. The highest BCUT2D eigenvalue weighted by molar-refractivity contribution is 5.82. The first-order valence-corrected chi connectivity index (χ1v) is 6.29. The zero-order valence-corrected chi connectivity index (χ0v) is 11.2. The molecule has 0 radical (unpaired) electrons. The van der Waals surface area contributed by atoms with Gasteiger partial charge in [-0.3, -0.25) is 5.32 Å². The third kappa shape index (κ3) is 2.43. The number of carboxylic acid groups (broad SMARTS) is 1. The van der Waals surface area contributed by atoms with Crippen LogP contribution in [0.1, 0.15) is 5.56 Å². The molecule has 2 N–H and O–H groups in total. The smallest absolute Gasteiger partial charge is 0.410 e. The Labute approximate surface area is 119 Å². The first-order valence-electron chi connectivity index (χ1n) is 6.29. The molecule has 0 spiro atoms. The summed E-state index contributed by atoms with van der Waals surface area (Å²) in [6.07, 6.45) is 2.19. The van der Waals surface area contributed by atoms with Crippen LogP contribution in [0, 0.1) is 12.7 Å². The molecule has 3 rings (SSSR count). The molecule has 5 nitrogen and oxygen atoms in total. The van der Waals surface area contributed by atoms with Crippen molar-refractivity contribution in [3.8, 4) is 11.1 Å². The number of halogens is 1. The Kier molecular flexibility index (Phi) is 3.06. The standard InChI is InChI=1S/C15H12FN3O2/c1-9-11(3-2-4-12(9)16)10-5-6-14-17-13(18-15(20)21)8-19(14)7-10/h2-8,18H,1H3,(H,20,21). The summed E-state index contributed by atoms with van der Waals surface area (Å²) in [6, 6.07) is 8.50. The molecule has 21 heavy (non-hydrogen) atoms. The van der Waals surface area contributed by atoms with Crippen LogP contribution < -0.4 is 5.32 Å². The Morgan fingerprint density at radius 3 is 2.86 bits per heavy atom. The van der Waals surface area contributed by atoms with E-state index in [0.717, 1.165) is 11.1 Å². The van der Waals surface area contributed by atoms with Crippen LogP contribution in [0.15, 0.2) is 42.7 Å². The number of fused-ring (bicyclic) bond motifs is 1. The highest BCUT2D eigenvalue weighted by Gasteiger charge is 2.09. The van der Waals surface area contributed by atoms with Crippen molar-refractivity contribution in [3.63, 3.8) is 0 Å². The van der Waals surface area contributed by atoms with E-state index in [1.165, 1.54) is 6.07 Å². The fourth-order valence-electron chi connectivity index (χ4n) is 2.24. The van der Waals surface area contributed by atoms with Gasteiger partial charge < -0.3 is 9.51 Å². The Bertz CT molecular complexity index is 842. The number of nitrogens with zero attached hydrogens (tertiary/aromatic N) is 2. The van der Waals surface area contributed by atoms with E-state index in [4.69, 9.17) is 5.11 Å². The highest BCUT2D eigenvalue weighted by Crippen LogP contribution is 2.25. The number of pyridine rings is 1. The van der Waals surface area contributed by atoms with E-state index in [1.54, 1.807) is 35.9 Å². The fourth-order valence-corrected chi connectivity index (χ4v) is 2.24. The van der Waals surface area contributed by atoms with Crippen LogP contribution in [0.4, 0.5) is 15.0 Å². The molecule has 3 aromatic rings. The maximum atomic E-state index is 13.6. The quantitative estimate of drug-likeness (QED) is 0.756. The third-order valence-corrected chi connectivity index (χ3v) is 3.26. The predicted octanol–water partition coefficient (Wildman–Crippen LogP) is 3.54. The maximum absolute atomic E-state index is 13.6. The Balaban J connectivity index is 2.08. The Hall–Kier alpha value is -2.89. The molecular formula is C15H12FN3O2. The molecule has 0 saturated heterocycles. The van der Waals surface area contributed by atoms with Crippen LogP contribution in [0.25, 0.3) is 16.8 Å². The average Bonchev–Trinajstić information content (AvgIpc) is 2.82. The van der Waals surface area contributed by atoms with E-state index < -0.39 is 6.09 Å². The monoisotopic (exact) mass is 285 g/mol. The summed E-state index contributed by atoms with van der Waals surface area (Å²) >= 11 is 0. The molecule has 6 heteroatoms. The van der Waals surface area contributed by atoms with Gasteiger partial charge in [0.2, 0.25) is 0 Å². The van der Waals surface area contributed by atoms with E-state index in [-0.39, 0.29) is 11.6 Å². The largest absolute Gasteiger partial charge is 0.465 e. The van der Waals surface area contributed by atoms with E-state index in [0.29, 0.717) is 11.2 Å². The Morgan fingerprint density at radius 1 is 1.29 bits per heavy atom. The molecule has 1 aromatic carbocycles. The number of anilines is 1. The minimum Gasteiger partial charge on any atom is -0.465 e. The van der Waals surface area contributed by atoms with Crippen LogP contribution in [0.2, 0.25) is 0 Å². The molecule has 0 unspecified atom stereocenters. The van der Waals surface area contributed by atoms with Crippen molar-refractivity contribution >= 4 is 17.6 Å². The summed E-state index contributed by atoms with van der Waals surface area (Å²) < 4.78 is 15.3. The van der Waals surface area contributed by atoms with Gasteiger partial charge in [-0.05, 0) is 41.8 Å². The molecule has 0 aliphatic rings. The van der Waals surface area contributed by atoms with Crippen molar-refractivity contribution in [2.24, 2.45) is 0 Å². The lowest BCUT2D eigenvalue weighted by atomic mass is 10.0. The van der Waals surface area contributed by atoms with Crippen molar-refractivity contribution < 1.29 is 14.3 Å². The van der Waals surface area contributed by atoms with Crippen molar-refractivity contribution in [2.45, 2.75) is 6.92 Å². The fraction of sp³-hybridized carbons (Fsp3) is 0.0667. The number of aromatic nitrogens is 2. The summed E-state index contributed by atoms with van der Waals surface area (Å²) in [6.45, 7) is 1.72. The van der Waals surface area contributed by atoms with Crippen molar-refractivity contribution in [1.82, 2.24) is 9.38 Å². The van der Waals surface area contributed by atoms with Crippen molar-refractivity contribution in [3.05, 3.63) is 54.1 Å². The number of amides is 1. The lowest BCUT2D eigenvalue weighted by Crippen LogP contribution is -2.06. The van der Waals surface area contributed by atoms with Gasteiger partial charge in [-0.25, -0.2) is 14.2 Å². The van der Waals surface area contributed by atoms with E-state index in [2.05, 4.69) is 10.3 Å². The zero-order valence-electron chi connectivity index (χ0n) is 11.2. The number of hydrogen-bond donors (Lipinski definition) is 2. The molecule has 0 aliphatic heterocycles. The van der Waals surface area contributed by atoms with Crippen LogP contribution >= 0.6 is 0 Å². The van der Waals surface area contributed by atoms with Gasteiger partial charge in [0.15, 0.2) is 5.82 Å². The Morgan fingerprint density at radius 2 is 2.10 bits per heavy atom. The summed E-state index contributed by atoms with van der Waals surface area (Å²) in [5.74, 6) is -0.0120. The van der Waals surface area contributed by atoms with Gasteiger partial charge in [0.05, 0.1) is 6.20 Å². The second kappa shape index (κ2) is 4.90. The van der Waals surface area contributed by atoms with E-state index >= 15 is 0 Å².